The lowest BCUT2D eigenvalue weighted by molar-refractivity contribution is 0.123. The molecule has 1 aromatic rings. The van der Waals surface area contributed by atoms with E-state index in [0.29, 0.717) is 17.5 Å². The molecule has 0 aliphatic heterocycles. The normalized spacial score (nSPS) is 29.4. The fraction of sp³-hybridized carbons (Fsp3) is 0.684. The van der Waals surface area contributed by atoms with Crippen LogP contribution >= 0.6 is 11.6 Å². The Labute approximate surface area is 134 Å². The Balaban J connectivity index is 1.75. The highest BCUT2D eigenvalue weighted by atomic mass is 35.5. The first-order valence-corrected chi connectivity index (χ1v) is 8.87. The molecular weight excluding hydrogens is 278 g/mol. The molecule has 21 heavy (non-hydrogen) atoms. The van der Waals surface area contributed by atoms with Crippen molar-refractivity contribution >= 4 is 11.6 Å². The lowest BCUT2D eigenvalue weighted by Crippen LogP contribution is -2.45. The molecule has 3 atom stereocenters. The second-order valence-corrected chi connectivity index (χ2v) is 8.40. The van der Waals surface area contributed by atoms with Crippen molar-refractivity contribution in [2.24, 2.45) is 11.3 Å². The van der Waals surface area contributed by atoms with Crippen molar-refractivity contribution in [1.82, 2.24) is 5.32 Å². The van der Waals surface area contributed by atoms with Gasteiger partial charge in [-0.05, 0) is 60.3 Å². The fourth-order valence-corrected chi connectivity index (χ4v) is 4.58. The first-order valence-electron chi connectivity index (χ1n) is 8.49. The van der Waals surface area contributed by atoms with Crippen molar-refractivity contribution in [2.75, 3.05) is 0 Å². The average Bonchev–Trinajstić information content (AvgIpc) is 2.80. The largest absolute Gasteiger partial charge is 0.307 e. The maximum absolute atomic E-state index is 6.13. The van der Waals surface area contributed by atoms with Gasteiger partial charge in [0.05, 0.1) is 0 Å². The molecule has 2 aliphatic carbocycles. The maximum Gasteiger partial charge on any atom is 0.0408 e. The van der Waals surface area contributed by atoms with E-state index in [1.54, 1.807) is 0 Å². The number of hydrogen-bond donors (Lipinski definition) is 1. The number of hydrogen-bond acceptors (Lipinski definition) is 1. The van der Waals surface area contributed by atoms with Crippen molar-refractivity contribution in [1.29, 1.82) is 0 Å². The molecule has 2 aliphatic rings. The summed E-state index contributed by atoms with van der Waals surface area (Å²) < 4.78 is 0. The number of fused-ring (bicyclic) bond motifs is 1. The molecule has 0 aromatic heterocycles. The van der Waals surface area contributed by atoms with Crippen molar-refractivity contribution in [3.8, 4) is 0 Å². The highest BCUT2D eigenvalue weighted by Crippen LogP contribution is 2.40. The molecule has 116 valence electrons. The summed E-state index contributed by atoms with van der Waals surface area (Å²) in [4.78, 5) is 0. The van der Waals surface area contributed by atoms with Crippen LogP contribution in [-0.4, -0.2) is 6.04 Å². The SMILES string of the molecule is CC(C)(C)C1CCCCC1NC1CCc2cc(Cl)ccc21. The van der Waals surface area contributed by atoms with E-state index in [-0.39, 0.29) is 0 Å². The number of benzene rings is 1. The van der Waals surface area contributed by atoms with Gasteiger partial charge < -0.3 is 5.32 Å². The molecule has 0 radical (unpaired) electrons. The number of rotatable bonds is 2. The summed E-state index contributed by atoms with van der Waals surface area (Å²) in [5, 5.41) is 4.88. The van der Waals surface area contributed by atoms with Crippen LogP contribution in [0.1, 0.15) is 70.0 Å². The second-order valence-electron chi connectivity index (χ2n) is 7.96. The summed E-state index contributed by atoms with van der Waals surface area (Å²) in [6.07, 6.45) is 7.88. The molecule has 1 fully saturated rings. The summed E-state index contributed by atoms with van der Waals surface area (Å²) in [5.74, 6) is 0.794. The van der Waals surface area contributed by atoms with Crippen LogP contribution in [0.3, 0.4) is 0 Å². The molecule has 0 bridgehead atoms. The predicted molar refractivity (Wildman–Crippen MR) is 90.9 cm³/mol. The van der Waals surface area contributed by atoms with Crippen LogP contribution in [0.4, 0.5) is 0 Å². The summed E-state index contributed by atoms with van der Waals surface area (Å²) in [5.41, 5.74) is 3.33. The van der Waals surface area contributed by atoms with Crippen LogP contribution in [0.25, 0.3) is 0 Å². The molecule has 0 heterocycles. The van der Waals surface area contributed by atoms with Crippen molar-refractivity contribution in [3.05, 3.63) is 34.3 Å². The molecular formula is C19H28ClN. The first kappa shape index (κ1) is 15.4. The molecule has 1 N–H and O–H groups in total. The van der Waals surface area contributed by atoms with E-state index in [9.17, 15) is 0 Å². The van der Waals surface area contributed by atoms with Gasteiger partial charge in [-0.2, -0.15) is 0 Å². The van der Waals surface area contributed by atoms with Crippen LogP contribution in [0, 0.1) is 11.3 Å². The number of halogens is 1. The van der Waals surface area contributed by atoms with Crippen LogP contribution in [0.2, 0.25) is 5.02 Å². The van der Waals surface area contributed by atoms with Crippen molar-refractivity contribution in [3.63, 3.8) is 0 Å². The third-order valence-electron chi connectivity index (χ3n) is 5.48. The third kappa shape index (κ3) is 3.29. The third-order valence-corrected chi connectivity index (χ3v) is 5.71. The van der Waals surface area contributed by atoms with Gasteiger partial charge in [0.1, 0.15) is 0 Å². The van der Waals surface area contributed by atoms with E-state index in [4.69, 9.17) is 11.6 Å². The smallest absolute Gasteiger partial charge is 0.0408 e. The summed E-state index contributed by atoms with van der Waals surface area (Å²) in [7, 11) is 0. The molecule has 1 nitrogen and oxygen atoms in total. The van der Waals surface area contributed by atoms with Gasteiger partial charge in [0.2, 0.25) is 0 Å². The summed E-state index contributed by atoms with van der Waals surface area (Å²) in [6.45, 7) is 7.21. The van der Waals surface area contributed by atoms with Gasteiger partial charge >= 0.3 is 0 Å². The highest BCUT2D eigenvalue weighted by molar-refractivity contribution is 6.30. The number of aryl methyl sites for hydroxylation is 1. The topological polar surface area (TPSA) is 12.0 Å². The van der Waals surface area contributed by atoms with Gasteiger partial charge in [0.15, 0.2) is 0 Å². The standard InChI is InChI=1S/C19H28ClN/c1-19(2,3)16-6-4-5-7-18(16)21-17-11-8-13-12-14(20)9-10-15(13)17/h9-10,12,16-18,21H,4-8,11H2,1-3H3. The highest BCUT2D eigenvalue weighted by Gasteiger charge is 2.36. The monoisotopic (exact) mass is 305 g/mol. The van der Waals surface area contributed by atoms with Gasteiger partial charge in [0.25, 0.3) is 0 Å². The molecule has 1 aromatic carbocycles. The molecule has 0 saturated heterocycles. The van der Waals surface area contributed by atoms with Gasteiger partial charge in [0, 0.05) is 17.1 Å². The first-order chi connectivity index (χ1) is 9.95. The van der Waals surface area contributed by atoms with Crippen LogP contribution in [0.15, 0.2) is 18.2 Å². The van der Waals surface area contributed by atoms with Gasteiger partial charge in [-0.1, -0.05) is 51.3 Å². The minimum atomic E-state index is 0.402. The van der Waals surface area contributed by atoms with Crippen LogP contribution in [-0.2, 0) is 6.42 Å². The van der Waals surface area contributed by atoms with Crippen molar-refractivity contribution < 1.29 is 0 Å². The van der Waals surface area contributed by atoms with Gasteiger partial charge in [-0.15, -0.1) is 0 Å². The van der Waals surface area contributed by atoms with Crippen LogP contribution < -0.4 is 5.32 Å². The van der Waals surface area contributed by atoms with E-state index < -0.39 is 0 Å². The quantitative estimate of drug-likeness (QED) is 0.758. The molecule has 3 rings (SSSR count). The molecule has 0 spiro atoms. The van der Waals surface area contributed by atoms with Gasteiger partial charge in [-0.3, -0.25) is 0 Å². The Bertz CT molecular complexity index is 503. The zero-order valence-electron chi connectivity index (χ0n) is 13.6. The zero-order valence-corrected chi connectivity index (χ0v) is 14.3. The lowest BCUT2D eigenvalue weighted by atomic mass is 9.69. The molecule has 3 unspecified atom stereocenters. The maximum atomic E-state index is 6.13. The summed E-state index contributed by atoms with van der Waals surface area (Å²) in [6, 6.07) is 7.64. The molecule has 0 amide bonds. The predicted octanol–water partition coefficient (Wildman–Crippen LogP) is 5.52. The minimum Gasteiger partial charge on any atom is -0.307 e. The average molecular weight is 306 g/mol. The molecule has 2 heteroatoms. The van der Waals surface area contributed by atoms with E-state index in [1.165, 1.54) is 49.7 Å². The van der Waals surface area contributed by atoms with E-state index >= 15 is 0 Å². The Hall–Kier alpha value is -0.530. The van der Waals surface area contributed by atoms with E-state index in [0.717, 1.165) is 10.9 Å². The molecule has 1 saturated carbocycles. The Morgan fingerprint density at radius 3 is 2.62 bits per heavy atom. The zero-order chi connectivity index (χ0) is 15.0. The fourth-order valence-electron chi connectivity index (χ4n) is 4.38. The Kier molecular flexibility index (Phi) is 4.34. The van der Waals surface area contributed by atoms with Crippen molar-refractivity contribution in [2.45, 2.75) is 71.4 Å². The lowest BCUT2D eigenvalue weighted by Gasteiger charge is -2.42. The van der Waals surface area contributed by atoms with E-state index in [2.05, 4.69) is 38.2 Å². The minimum absolute atomic E-state index is 0.402. The van der Waals surface area contributed by atoms with Crippen LogP contribution in [0.5, 0.6) is 0 Å². The number of nitrogens with one attached hydrogen (secondary N) is 1. The second kappa shape index (κ2) is 5.93. The summed E-state index contributed by atoms with van der Waals surface area (Å²) >= 11 is 6.13. The van der Waals surface area contributed by atoms with E-state index in [1.807, 2.05) is 6.07 Å². The Morgan fingerprint density at radius 2 is 1.86 bits per heavy atom. The Morgan fingerprint density at radius 1 is 1.10 bits per heavy atom. The van der Waals surface area contributed by atoms with Gasteiger partial charge in [-0.25, -0.2) is 0 Å².